The van der Waals surface area contributed by atoms with E-state index < -0.39 is 0 Å². The van der Waals surface area contributed by atoms with E-state index in [1.807, 2.05) is 49.4 Å². The van der Waals surface area contributed by atoms with Crippen molar-refractivity contribution in [3.63, 3.8) is 0 Å². The fourth-order valence-electron chi connectivity index (χ4n) is 3.05. The molecule has 2 heterocycles. The zero-order chi connectivity index (χ0) is 18.3. The molecule has 5 heteroatoms. The van der Waals surface area contributed by atoms with E-state index in [2.05, 4.69) is 0 Å². The summed E-state index contributed by atoms with van der Waals surface area (Å²) in [6.07, 6.45) is 0. The number of para-hydroxylation sites is 2. The molecule has 0 spiro atoms. The van der Waals surface area contributed by atoms with Crippen LogP contribution in [0.2, 0.25) is 0 Å². The quantitative estimate of drug-likeness (QED) is 0.519. The first-order valence-corrected chi connectivity index (χ1v) is 8.40. The molecule has 4 aromatic rings. The average molecular weight is 349 g/mol. The van der Waals surface area contributed by atoms with Crippen LogP contribution in [0.25, 0.3) is 21.9 Å². The van der Waals surface area contributed by atoms with Gasteiger partial charge < -0.3 is 18.5 Å². The number of carbonyl (C=O) groups is 1. The van der Waals surface area contributed by atoms with E-state index in [1.165, 1.54) is 0 Å². The minimum atomic E-state index is -0.231. The summed E-state index contributed by atoms with van der Waals surface area (Å²) in [5, 5.41) is 1.85. The Hall–Kier alpha value is -3.21. The minimum Gasteiger partial charge on any atom is -0.493 e. The molecule has 4 rings (SSSR count). The van der Waals surface area contributed by atoms with Gasteiger partial charge in [0.15, 0.2) is 17.1 Å². The number of benzene rings is 2. The predicted octanol–water partition coefficient (Wildman–Crippen LogP) is 5.02. The van der Waals surface area contributed by atoms with E-state index in [9.17, 15) is 4.79 Å². The topological polar surface area (TPSA) is 55.8 Å². The summed E-state index contributed by atoms with van der Waals surface area (Å²) in [5.41, 5.74) is 1.38. The standard InChI is InChI=1S/C21H19NO4/c1-13(18-11-14-7-4-5-9-16(14)25-18)22(2)21(23)19-12-15-8-6-10-17(24-3)20(15)26-19/h4-13H,1-3H3. The van der Waals surface area contributed by atoms with Gasteiger partial charge in [-0.1, -0.05) is 30.3 Å². The number of nitrogens with zero attached hydrogens (tertiary/aromatic N) is 1. The van der Waals surface area contributed by atoms with E-state index in [1.54, 1.807) is 31.2 Å². The fraction of sp³-hybridized carbons (Fsp3) is 0.190. The second kappa shape index (κ2) is 6.26. The Bertz CT molecular complexity index is 1060. The van der Waals surface area contributed by atoms with Gasteiger partial charge in [0, 0.05) is 17.8 Å². The monoisotopic (exact) mass is 349 g/mol. The number of ether oxygens (including phenoxy) is 1. The lowest BCUT2D eigenvalue weighted by atomic mass is 10.2. The summed E-state index contributed by atoms with van der Waals surface area (Å²) in [6.45, 7) is 1.93. The molecule has 0 N–H and O–H groups in total. The summed E-state index contributed by atoms with van der Waals surface area (Å²) >= 11 is 0. The lowest BCUT2D eigenvalue weighted by Gasteiger charge is -2.22. The number of fused-ring (bicyclic) bond motifs is 2. The Morgan fingerprint density at radius 1 is 1.04 bits per heavy atom. The maximum Gasteiger partial charge on any atom is 0.289 e. The lowest BCUT2D eigenvalue weighted by molar-refractivity contribution is 0.0697. The van der Waals surface area contributed by atoms with E-state index >= 15 is 0 Å². The van der Waals surface area contributed by atoms with Gasteiger partial charge in [-0.15, -0.1) is 0 Å². The molecule has 0 saturated carbocycles. The molecule has 26 heavy (non-hydrogen) atoms. The third-order valence-corrected chi connectivity index (χ3v) is 4.70. The van der Waals surface area contributed by atoms with Crippen LogP contribution >= 0.6 is 0 Å². The molecule has 1 unspecified atom stereocenters. The van der Waals surface area contributed by atoms with Gasteiger partial charge in [0.1, 0.15) is 11.3 Å². The number of carbonyl (C=O) groups excluding carboxylic acids is 1. The molecule has 1 amide bonds. The Balaban J connectivity index is 1.64. The van der Waals surface area contributed by atoms with Crippen molar-refractivity contribution in [2.75, 3.05) is 14.2 Å². The van der Waals surface area contributed by atoms with Crippen LogP contribution in [0.3, 0.4) is 0 Å². The molecule has 0 bridgehead atoms. The third-order valence-electron chi connectivity index (χ3n) is 4.70. The van der Waals surface area contributed by atoms with E-state index in [0.29, 0.717) is 11.3 Å². The molecular weight excluding hydrogens is 330 g/mol. The molecule has 2 aromatic heterocycles. The van der Waals surface area contributed by atoms with Crippen molar-refractivity contribution in [1.29, 1.82) is 0 Å². The summed E-state index contributed by atoms with van der Waals surface area (Å²) < 4.78 is 17.0. The first-order chi connectivity index (χ1) is 12.6. The van der Waals surface area contributed by atoms with Crippen molar-refractivity contribution in [3.05, 3.63) is 66.1 Å². The summed E-state index contributed by atoms with van der Waals surface area (Å²) in [5.74, 6) is 1.40. The normalized spacial score (nSPS) is 12.4. The van der Waals surface area contributed by atoms with Crippen LogP contribution in [0.15, 0.2) is 63.4 Å². The van der Waals surface area contributed by atoms with Gasteiger partial charge in [-0.05, 0) is 31.2 Å². The van der Waals surface area contributed by atoms with E-state index in [-0.39, 0.29) is 17.7 Å². The lowest BCUT2D eigenvalue weighted by Crippen LogP contribution is -2.29. The molecule has 0 aliphatic carbocycles. The maximum atomic E-state index is 12.9. The second-order valence-electron chi connectivity index (χ2n) is 6.27. The summed E-state index contributed by atoms with van der Waals surface area (Å²) in [6, 6.07) is 16.8. The SMILES string of the molecule is COc1cccc2cc(C(=O)N(C)C(C)c3cc4ccccc4o3)oc12. The van der Waals surface area contributed by atoms with Crippen molar-refractivity contribution in [3.8, 4) is 5.75 Å². The van der Waals surface area contributed by atoms with Crippen LogP contribution in [-0.4, -0.2) is 25.0 Å². The van der Waals surface area contributed by atoms with Crippen LogP contribution in [0.1, 0.15) is 29.3 Å². The molecule has 0 radical (unpaired) electrons. The number of hydrogen-bond acceptors (Lipinski definition) is 4. The van der Waals surface area contributed by atoms with Crippen LogP contribution in [0.4, 0.5) is 0 Å². The third kappa shape index (κ3) is 2.62. The van der Waals surface area contributed by atoms with Crippen molar-refractivity contribution < 1.29 is 18.4 Å². The average Bonchev–Trinajstić information content (AvgIpc) is 3.29. The van der Waals surface area contributed by atoms with Gasteiger partial charge in [-0.25, -0.2) is 0 Å². The number of methoxy groups -OCH3 is 1. The van der Waals surface area contributed by atoms with Crippen LogP contribution in [0.5, 0.6) is 5.75 Å². The smallest absolute Gasteiger partial charge is 0.289 e. The second-order valence-corrected chi connectivity index (χ2v) is 6.27. The molecule has 2 aromatic carbocycles. The van der Waals surface area contributed by atoms with Gasteiger partial charge in [0.25, 0.3) is 5.91 Å². The van der Waals surface area contributed by atoms with Gasteiger partial charge in [-0.2, -0.15) is 0 Å². The van der Waals surface area contributed by atoms with Crippen LogP contribution < -0.4 is 4.74 Å². The highest BCUT2D eigenvalue weighted by Gasteiger charge is 2.25. The highest BCUT2D eigenvalue weighted by molar-refractivity contribution is 5.97. The molecule has 0 aliphatic heterocycles. The van der Waals surface area contributed by atoms with Crippen LogP contribution in [0, 0.1) is 0 Å². The zero-order valence-electron chi connectivity index (χ0n) is 14.9. The van der Waals surface area contributed by atoms with Crippen molar-refractivity contribution in [2.24, 2.45) is 0 Å². The number of furan rings is 2. The Labute approximate surface area is 150 Å². The van der Waals surface area contributed by atoms with E-state index in [4.69, 9.17) is 13.6 Å². The van der Waals surface area contributed by atoms with Crippen molar-refractivity contribution in [2.45, 2.75) is 13.0 Å². The zero-order valence-corrected chi connectivity index (χ0v) is 14.9. The first-order valence-electron chi connectivity index (χ1n) is 8.40. The Kier molecular flexibility index (Phi) is 3.92. The maximum absolute atomic E-state index is 12.9. The van der Waals surface area contributed by atoms with Gasteiger partial charge in [-0.3, -0.25) is 4.79 Å². The first kappa shape index (κ1) is 16.3. The summed E-state index contributed by atoms with van der Waals surface area (Å²) in [7, 11) is 3.32. The molecule has 0 fully saturated rings. The number of hydrogen-bond donors (Lipinski definition) is 0. The molecule has 132 valence electrons. The van der Waals surface area contributed by atoms with Crippen LogP contribution in [-0.2, 0) is 0 Å². The minimum absolute atomic E-state index is 0.212. The molecular formula is C21H19NO4. The van der Waals surface area contributed by atoms with E-state index in [0.717, 1.165) is 22.1 Å². The van der Waals surface area contributed by atoms with Gasteiger partial charge in [0.05, 0.1) is 13.2 Å². The molecule has 0 aliphatic rings. The van der Waals surface area contributed by atoms with Gasteiger partial charge in [0.2, 0.25) is 0 Å². The number of rotatable bonds is 4. The molecule has 5 nitrogen and oxygen atoms in total. The Morgan fingerprint density at radius 2 is 1.81 bits per heavy atom. The number of amides is 1. The molecule has 0 saturated heterocycles. The predicted molar refractivity (Wildman–Crippen MR) is 99.5 cm³/mol. The molecule has 1 atom stereocenters. The van der Waals surface area contributed by atoms with Gasteiger partial charge >= 0.3 is 0 Å². The highest BCUT2D eigenvalue weighted by Crippen LogP contribution is 2.31. The Morgan fingerprint density at radius 3 is 2.58 bits per heavy atom. The largest absolute Gasteiger partial charge is 0.493 e. The summed E-state index contributed by atoms with van der Waals surface area (Å²) in [4.78, 5) is 14.5. The van der Waals surface area contributed by atoms with Crippen molar-refractivity contribution >= 4 is 27.8 Å². The van der Waals surface area contributed by atoms with Crippen molar-refractivity contribution in [1.82, 2.24) is 4.90 Å². The highest BCUT2D eigenvalue weighted by atomic mass is 16.5. The fourth-order valence-corrected chi connectivity index (χ4v) is 3.05.